The van der Waals surface area contributed by atoms with E-state index in [2.05, 4.69) is 15.7 Å². The third-order valence-corrected chi connectivity index (χ3v) is 5.67. The first-order chi connectivity index (χ1) is 18.1. The molecule has 2 N–H and O–H groups in total. The first kappa shape index (κ1) is 23.8. The van der Waals surface area contributed by atoms with Gasteiger partial charge in [-0.15, -0.1) is 0 Å². The number of rotatable bonds is 9. The van der Waals surface area contributed by atoms with E-state index in [0.29, 0.717) is 46.9 Å². The van der Waals surface area contributed by atoms with Crippen LogP contribution in [0.25, 0.3) is 22.3 Å². The fraction of sp³-hybridized carbons (Fsp3) is 0.143. The van der Waals surface area contributed by atoms with Gasteiger partial charge in [0.25, 0.3) is 5.91 Å². The van der Waals surface area contributed by atoms with Crippen molar-refractivity contribution < 1.29 is 18.7 Å². The van der Waals surface area contributed by atoms with Crippen LogP contribution in [0.1, 0.15) is 23.0 Å². The van der Waals surface area contributed by atoms with Crippen LogP contribution in [-0.2, 0) is 11.3 Å². The molecule has 0 bridgehead atoms. The van der Waals surface area contributed by atoms with E-state index >= 15 is 0 Å². The highest BCUT2D eigenvalue weighted by atomic mass is 16.5. The maximum absolute atomic E-state index is 13.3. The van der Waals surface area contributed by atoms with Gasteiger partial charge in [0.15, 0.2) is 5.65 Å². The Morgan fingerprint density at radius 2 is 1.84 bits per heavy atom. The molecule has 0 atom stereocenters. The number of fused-ring (bicyclic) bond motifs is 1. The van der Waals surface area contributed by atoms with Crippen molar-refractivity contribution in [2.24, 2.45) is 0 Å². The monoisotopic (exact) mass is 495 g/mol. The molecule has 0 fully saturated rings. The van der Waals surface area contributed by atoms with Gasteiger partial charge < -0.3 is 19.8 Å². The topological polar surface area (TPSA) is 111 Å². The number of carbonyl (C=O) groups excluding carboxylic acids is 2. The van der Waals surface area contributed by atoms with Crippen molar-refractivity contribution in [1.29, 1.82) is 0 Å². The van der Waals surface area contributed by atoms with Crippen LogP contribution in [0.4, 0.5) is 5.69 Å². The van der Waals surface area contributed by atoms with E-state index in [-0.39, 0.29) is 12.5 Å². The number of hydrogen-bond acceptors (Lipinski definition) is 6. The first-order valence-corrected chi connectivity index (χ1v) is 11.9. The smallest absolute Gasteiger partial charge is 0.252 e. The van der Waals surface area contributed by atoms with Crippen LogP contribution in [0.15, 0.2) is 89.7 Å². The minimum atomic E-state index is -0.399. The van der Waals surface area contributed by atoms with Crippen LogP contribution in [0.2, 0.25) is 0 Å². The van der Waals surface area contributed by atoms with Crippen molar-refractivity contribution >= 4 is 28.5 Å². The second kappa shape index (κ2) is 10.8. The Kier molecular flexibility index (Phi) is 6.93. The summed E-state index contributed by atoms with van der Waals surface area (Å²) in [5, 5.41) is 10.5. The van der Waals surface area contributed by atoms with Gasteiger partial charge in [0.2, 0.25) is 5.91 Å². The maximum Gasteiger partial charge on any atom is 0.252 e. The number of hydrogen-bond donors (Lipinski definition) is 2. The molecule has 5 rings (SSSR count). The van der Waals surface area contributed by atoms with Crippen LogP contribution in [0.3, 0.4) is 0 Å². The summed E-state index contributed by atoms with van der Waals surface area (Å²) >= 11 is 0. The molecular weight excluding hydrogens is 470 g/mol. The first-order valence-electron chi connectivity index (χ1n) is 11.9. The number of furan rings is 1. The lowest BCUT2D eigenvalue weighted by molar-refractivity contribution is -0.115. The van der Waals surface area contributed by atoms with E-state index in [4.69, 9.17) is 14.1 Å². The van der Waals surface area contributed by atoms with Crippen LogP contribution >= 0.6 is 0 Å². The Morgan fingerprint density at radius 1 is 1.03 bits per heavy atom. The van der Waals surface area contributed by atoms with Crippen molar-refractivity contribution in [3.63, 3.8) is 0 Å². The van der Waals surface area contributed by atoms with Crippen molar-refractivity contribution in [3.05, 3.63) is 96.6 Å². The molecule has 5 aromatic rings. The summed E-state index contributed by atoms with van der Waals surface area (Å²) in [4.78, 5) is 30.5. The van der Waals surface area contributed by atoms with Crippen molar-refractivity contribution in [2.45, 2.75) is 13.5 Å². The lowest BCUT2D eigenvalue weighted by Gasteiger charge is -2.10. The van der Waals surface area contributed by atoms with Gasteiger partial charge in [-0.3, -0.25) is 9.59 Å². The highest BCUT2D eigenvalue weighted by Crippen LogP contribution is 2.25. The van der Waals surface area contributed by atoms with E-state index in [9.17, 15) is 9.59 Å². The predicted molar refractivity (Wildman–Crippen MR) is 139 cm³/mol. The molecule has 0 aliphatic carbocycles. The van der Waals surface area contributed by atoms with Gasteiger partial charge in [0.1, 0.15) is 18.1 Å². The summed E-state index contributed by atoms with van der Waals surface area (Å²) in [6.07, 6.45) is 3.20. The SMILES string of the molecule is CCOc1ccc(NC(=O)CNC(=O)c2cc(-c3ccccc3)nc3c2cnn3Cc2ccco2)cc1. The molecular formula is C28H25N5O4. The van der Waals surface area contributed by atoms with Crippen molar-refractivity contribution in [2.75, 3.05) is 18.5 Å². The highest BCUT2D eigenvalue weighted by Gasteiger charge is 2.19. The molecule has 37 heavy (non-hydrogen) atoms. The zero-order valence-corrected chi connectivity index (χ0v) is 20.2. The Hall–Kier alpha value is -4.92. The number of benzene rings is 2. The highest BCUT2D eigenvalue weighted by molar-refractivity contribution is 6.08. The fourth-order valence-electron chi connectivity index (χ4n) is 3.92. The largest absolute Gasteiger partial charge is 0.494 e. The molecule has 2 aromatic carbocycles. The molecule has 0 unspecified atom stereocenters. The number of ether oxygens (including phenoxy) is 1. The zero-order valence-electron chi connectivity index (χ0n) is 20.2. The number of amides is 2. The average molecular weight is 496 g/mol. The van der Waals surface area contributed by atoms with E-state index in [1.54, 1.807) is 53.5 Å². The fourth-order valence-corrected chi connectivity index (χ4v) is 3.92. The predicted octanol–water partition coefficient (Wildman–Crippen LogP) is 4.51. The Bertz CT molecular complexity index is 1510. The third-order valence-electron chi connectivity index (χ3n) is 5.67. The standard InChI is InChI=1S/C28H25N5O4/c1-2-36-21-12-10-20(11-13-21)31-26(34)17-29-28(35)23-15-25(19-7-4-3-5-8-19)32-27-24(23)16-30-33(27)18-22-9-6-14-37-22/h3-16H,2,17-18H2,1H3,(H,29,35)(H,31,34). The molecule has 186 valence electrons. The molecule has 9 heteroatoms. The molecule has 0 aliphatic heterocycles. The number of anilines is 1. The maximum atomic E-state index is 13.3. The molecule has 0 spiro atoms. The van der Waals surface area contributed by atoms with Crippen LogP contribution in [0.5, 0.6) is 5.75 Å². The van der Waals surface area contributed by atoms with Crippen molar-refractivity contribution in [1.82, 2.24) is 20.1 Å². The van der Waals surface area contributed by atoms with E-state index < -0.39 is 5.91 Å². The Balaban J connectivity index is 1.37. The Morgan fingerprint density at radius 3 is 2.57 bits per heavy atom. The zero-order chi connectivity index (χ0) is 25.6. The summed E-state index contributed by atoms with van der Waals surface area (Å²) in [6, 6.07) is 22.0. The van der Waals surface area contributed by atoms with Crippen LogP contribution < -0.4 is 15.4 Å². The molecule has 9 nitrogen and oxygen atoms in total. The average Bonchev–Trinajstić information content (AvgIpc) is 3.59. The summed E-state index contributed by atoms with van der Waals surface area (Å²) in [6.45, 7) is 2.64. The molecule has 3 heterocycles. The molecule has 2 amide bonds. The van der Waals surface area contributed by atoms with Gasteiger partial charge in [-0.25, -0.2) is 9.67 Å². The van der Waals surface area contributed by atoms with Crippen molar-refractivity contribution in [3.8, 4) is 17.0 Å². The normalized spacial score (nSPS) is 10.8. The molecule has 0 radical (unpaired) electrons. The molecule has 0 aliphatic rings. The number of nitrogens with zero attached hydrogens (tertiary/aromatic N) is 3. The minimum Gasteiger partial charge on any atom is -0.494 e. The molecule has 0 saturated carbocycles. The minimum absolute atomic E-state index is 0.197. The summed E-state index contributed by atoms with van der Waals surface area (Å²) < 4.78 is 12.6. The van der Waals surface area contributed by atoms with Crippen LogP contribution in [0, 0.1) is 0 Å². The van der Waals surface area contributed by atoms with E-state index in [1.807, 2.05) is 43.3 Å². The van der Waals surface area contributed by atoms with Gasteiger partial charge in [-0.1, -0.05) is 30.3 Å². The van der Waals surface area contributed by atoms with Gasteiger partial charge in [-0.2, -0.15) is 5.10 Å². The van der Waals surface area contributed by atoms with E-state index in [0.717, 1.165) is 11.3 Å². The van der Waals surface area contributed by atoms with Gasteiger partial charge in [0, 0.05) is 11.3 Å². The van der Waals surface area contributed by atoms with Gasteiger partial charge >= 0.3 is 0 Å². The van der Waals surface area contributed by atoms with Crippen LogP contribution in [-0.4, -0.2) is 39.7 Å². The number of carbonyl (C=O) groups is 2. The number of nitrogens with one attached hydrogen (secondary N) is 2. The lowest BCUT2D eigenvalue weighted by Crippen LogP contribution is -2.33. The summed E-state index contributed by atoms with van der Waals surface area (Å²) in [5.74, 6) is 0.690. The molecule has 0 saturated heterocycles. The third kappa shape index (κ3) is 5.51. The second-order valence-corrected chi connectivity index (χ2v) is 8.23. The summed E-state index contributed by atoms with van der Waals surface area (Å²) in [5.41, 5.74) is 3.01. The summed E-state index contributed by atoms with van der Waals surface area (Å²) in [7, 11) is 0. The molecule has 3 aromatic heterocycles. The lowest BCUT2D eigenvalue weighted by atomic mass is 10.1. The number of aromatic nitrogens is 3. The van der Waals surface area contributed by atoms with Gasteiger partial charge in [0.05, 0.1) is 42.3 Å². The van der Waals surface area contributed by atoms with Gasteiger partial charge in [-0.05, 0) is 49.4 Å². The Labute approximate surface area is 213 Å². The number of pyridine rings is 1. The quantitative estimate of drug-likeness (QED) is 0.311. The van der Waals surface area contributed by atoms with E-state index in [1.165, 1.54) is 0 Å². The second-order valence-electron chi connectivity index (χ2n) is 8.23.